The molecule has 0 aromatic carbocycles. The van der Waals surface area contributed by atoms with Gasteiger partial charge >= 0.3 is 0 Å². The Labute approximate surface area is 80.0 Å². The van der Waals surface area contributed by atoms with Crippen molar-refractivity contribution in [2.45, 2.75) is 50.5 Å². The van der Waals surface area contributed by atoms with Crippen LogP contribution in [-0.4, -0.2) is 22.4 Å². The summed E-state index contributed by atoms with van der Waals surface area (Å²) in [5.74, 6) is 0.777. The van der Waals surface area contributed by atoms with E-state index in [1.54, 1.807) is 0 Å². The van der Waals surface area contributed by atoms with E-state index in [1.807, 2.05) is 0 Å². The van der Waals surface area contributed by atoms with Gasteiger partial charge in [-0.15, -0.1) is 0 Å². The lowest BCUT2D eigenvalue weighted by Gasteiger charge is -2.37. The Morgan fingerprint density at radius 2 is 1.46 bits per heavy atom. The van der Waals surface area contributed by atoms with Gasteiger partial charge in [0.05, 0.1) is 12.2 Å². The monoisotopic (exact) mass is 184 g/mol. The fourth-order valence-electron chi connectivity index (χ4n) is 2.78. The summed E-state index contributed by atoms with van der Waals surface area (Å²) >= 11 is 0. The maximum Gasteiger partial charge on any atom is 0.0933 e. The maximum absolute atomic E-state index is 10.3. The smallest absolute Gasteiger partial charge is 0.0933 e. The Morgan fingerprint density at radius 3 is 1.92 bits per heavy atom. The summed E-state index contributed by atoms with van der Waals surface area (Å²) in [5, 5.41) is 19.6. The summed E-state index contributed by atoms with van der Waals surface area (Å²) in [5.41, 5.74) is -0.722. The molecular weight excluding hydrogens is 164 g/mol. The van der Waals surface area contributed by atoms with Gasteiger partial charge in [-0.2, -0.15) is 0 Å². The van der Waals surface area contributed by atoms with Crippen LogP contribution in [0.15, 0.2) is 0 Å². The molecule has 0 aliphatic heterocycles. The van der Waals surface area contributed by atoms with E-state index in [0.29, 0.717) is 11.8 Å². The summed E-state index contributed by atoms with van der Waals surface area (Å²) in [7, 11) is 0. The summed E-state index contributed by atoms with van der Waals surface area (Å²) in [6.45, 7) is -0.0255. The topological polar surface area (TPSA) is 40.5 Å². The third kappa shape index (κ3) is 1.75. The van der Waals surface area contributed by atoms with Gasteiger partial charge in [-0.05, 0) is 37.5 Å². The quantitative estimate of drug-likeness (QED) is 0.701. The highest BCUT2D eigenvalue weighted by molar-refractivity contribution is 4.99. The molecule has 2 saturated carbocycles. The second-order valence-electron chi connectivity index (χ2n) is 4.76. The molecule has 2 rings (SSSR count). The van der Waals surface area contributed by atoms with Crippen LogP contribution in [-0.2, 0) is 0 Å². The van der Waals surface area contributed by atoms with Crippen molar-refractivity contribution in [3.63, 3.8) is 0 Å². The highest BCUT2D eigenvalue weighted by Gasteiger charge is 2.48. The van der Waals surface area contributed by atoms with Crippen LogP contribution >= 0.6 is 0 Å². The Morgan fingerprint density at radius 1 is 0.923 bits per heavy atom. The summed E-state index contributed by atoms with van der Waals surface area (Å²) in [6.07, 6.45) is 8.25. The van der Waals surface area contributed by atoms with Crippen LogP contribution in [0.1, 0.15) is 44.9 Å². The SMILES string of the molecule is OC[C@@](O)(C1CCCCC1)C1CC1. The largest absolute Gasteiger partial charge is 0.393 e. The van der Waals surface area contributed by atoms with Gasteiger partial charge in [0.15, 0.2) is 0 Å². The van der Waals surface area contributed by atoms with Crippen LogP contribution in [0.5, 0.6) is 0 Å². The highest BCUT2D eigenvalue weighted by atomic mass is 16.3. The van der Waals surface area contributed by atoms with Crippen molar-refractivity contribution in [1.29, 1.82) is 0 Å². The molecule has 0 radical (unpaired) electrons. The minimum absolute atomic E-state index is 0.0255. The zero-order chi connectivity index (χ0) is 9.31. The van der Waals surface area contributed by atoms with Crippen LogP contribution in [0.4, 0.5) is 0 Å². The van der Waals surface area contributed by atoms with Gasteiger partial charge in [-0.25, -0.2) is 0 Å². The Balaban J connectivity index is 2.00. The molecule has 0 aromatic heterocycles. The summed E-state index contributed by atoms with van der Waals surface area (Å²) < 4.78 is 0. The first kappa shape index (κ1) is 9.47. The molecule has 2 nitrogen and oxygen atoms in total. The van der Waals surface area contributed by atoms with Crippen LogP contribution in [0.25, 0.3) is 0 Å². The standard InChI is InChI=1S/C11H20O2/c12-8-11(13,10-6-7-10)9-4-2-1-3-5-9/h9-10,12-13H,1-8H2/t11-/m1/s1. The number of aliphatic hydroxyl groups is 2. The molecule has 1 atom stereocenters. The van der Waals surface area contributed by atoms with Crippen molar-refractivity contribution in [1.82, 2.24) is 0 Å². The summed E-state index contributed by atoms with van der Waals surface area (Å²) in [4.78, 5) is 0. The van der Waals surface area contributed by atoms with Crippen molar-refractivity contribution in [3.8, 4) is 0 Å². The van der Waals surface area contributed by atoms with E-state index >= 15 is 0 Å². The molecule has 2 N–H and O–H groups in total. The van der Waals surface area contributed by atoms with E-state index in [2.05, 4.69) is 0 Å². The molecule has 0 spiro atoms. The van der Waals surface area contributed by atoms with E-state index < -0.39 is 5.60 Å². The molecule has 0 heterocycles. The second kappa shape index (κ2) is 3.58. The molecule has 0 amide bonds. The molecule has 2 aliphatic rings. The molecule has 2 heteroatoms. The van der Waals surface area contributed by atoms with Gasteiger partial charge in [-0.3, -0.25) is 0 Å². The van der Waals surface area contributed by atoms with Crippen molar-refractivity contribution in [2.75, 3.05) is 6.61 Å². The molecule has 2 fully saturated rings. The molecule has 2 aliphatic carbocycles. The van der Waals surface area contributed by atoms with E-state index in [-0.39, 0.29) is 6.61 Å². The fraction of sp³-hybridized carbons (Fsp3) is 1.00. The lowest BCUT2D eigenvalue weighted by atomic mass is 9.75. The number of rotatable bonds is 3. The van der Waals surface area contributed by atoms with Gasteiger partial charge in [0.1, 0.15) is 0 Å². The Kier molecular flexibility index (Phi) is 2.61. The fourth-order valence-corrected chi connectivity index (χ4v) is 2.78. The van der Waals surface area contributed by atoms with Crippen LogP contribution < -0.4 is 0 Å². The Bertz CT molecular complexity index is 171. The maximum atomic E-state index is 10.3. The number of hydrogen-bond acceptors (Lipinski definition) is 2. The van der Waals surface area contributed by atoms with Crippen LogP contribution in [0, 0.1) is 11.8 Å². The number of aliphatic hydroxyl groups excluding tert-OH is 1. The third-order valence-electron chi connectivity index (χ3n) is 3.85. The minimum Gasteiger partial charge on any atom is -0.393 e. The van der Waals surface area contributed by atoms with Crippen molar-refractivity contribution in [3.05, 3.63) is 0 Å². The average molecular weight is 184 g/mol. The van der Waals surface area contributed by atoms with Gasteiger partial charge in [0.2, 0.25) is 0 Å². The zero-order valence-corrected chi connectivity index (χ0v) is 8.21. The van der Waals surface area contributed by atoms with E-state index in [1.165, 1.54) is 19.3 Å². The van der Waals surface area contributed by atoms with E-state index in [0.717, 1.165) is 25.7 Å². The minimum atomic E-state index is -0.722. The third-order valence-corrected chi connectivity index (χ3v) is 3.85. The number of hydrogen-bond donors (Lipinski definition) is 2. The zero-order valence-electron chi connectivity index (χ0n) is 8.21. The van der Waals surface area contributed by atoms with Gasteiger partial charge in [-0.1, -0.05) is 19.3 Å². The molecule has 13 heavy (non-hydrogen) atoms. The second-order valence-corrected chi connectivity index (χ2v) is 4.76. The van der Waals surface area contributed by atoms with Crippen LogP contribution in [0.2, 0.25) is 0 Å². The molecule has 0 aromatic rings. The molecule has 76 valence electrons. The average Bonchev–Trinajstić information content (AvgIpc) is 3.02. The lowest BCUT2D eigenvalue weighted by molar-refractivity contribution is -0.0893. The van der Waals surface area contributed by atoms with Crippen molar-refractivity contribution >= 4 is 0 Å². The highest BCUT2D eigenvalue weighted by Crippen LogP contribution is 2.47. The first-order valence-electron chi connectivity index (χ1n) is 5.60. The molecule has 0 bridgehead atoms. The van der Waals surface area contributed by atoms with Gasteiger partial charge in [0.25, 0.3) is 0 Å². The van der Waals surface area contributed by atoms with E-state index in [4.69, 9.17) is 0 Å². The summed E-state index contributed by atoms with van der Waals surface area (Å²) in [6, 6.07) is 0. The van der Waals surface area contributed by atoms with Crippen molar-refractivity contribution in [2.24, 2.45) is 11.8 Å². The normalized spacial score (nSPS) is 30.0. The van der Waals surface area contributed by atoms with Crippen molar-refractivity contribution < 1.29 is 10.2 Å². The first-order valence-corrected chi connectivity index (χ1v) is 5.60. The molecular formula is C11H20O2. The van der Waals surface area contributed by atoms with Gasteiger partial charge < -0.3 is 10.2 Å². The lowest BCUT2D eigenvalue weighted by Crippen LogP contribution is -2.44. The Hall–Kier alpha value is -0.0800. The molecule has 0 unspecified atom stereocenters. The van der Waals surface area contributed by atoms with Gasteiger partial charge in [0, 0.05) is 0 Å². The first-order chi connectivity index (χ1) is 6.27. The predicted octanol–water partition coefficient (Wildman–Crippen LogP) is 1.70. The predicted molar refractivity (Wildman–Crippen MR) is 51.3 cm³/mol. The molecule has 0 saturated heterocycles. The van der Waals surface area contributed by atoms with E-state index in [9.17, 15) is 10.2 Å². The van der Waals surface area contributed by atoms with Crippen LogP contribution in [0.3, 0.4) is 0 Å².